The highest BCUT2D eigenvalue weighted by atomic mass is 16.5. The first kappa shape index (κ1) is 52.8. The van der Waals surface area contributed by atoms with Crippen LogP contribution in [0, 0.1) is 32.1 Å². The molecule has 1 atom stereocenters. The van der Waals surface area contributed by atoms with Crippen LogP contribution in [0.2, 0.25) is 0 Å². The summed E-state index contributed by atoms with van der Waals surface area (Å²) in [4.78, 5) is 47.4. The zero-order valence-corrected chi connectivity index (χ0v) is 44.9. The number of terminal acetylenes is 1. The number of aromatic nitrogens is 2. The van der Waals surface area contributed by atoms with Crippen molar-refractivity contribution >= 4 is 29.5 Å². The first-order valence-electron chi connectivity index (χ1n) is 26.9. The van der Waals surface area contributed by atoms with Crippen LogP contribution < -0.4 is 9.64 Å². The number of benzene rings is 4. The summed E-state index contributed by atoms with van der Waals surface area (Å²) in [5, 5.41) is 9.30. The van der Waals surface area contributed by atoms with E-state index in [1.54, 1.807) is 12.1 Å². The Hall–Kier alpha value is -7.07. The van der Waals surface area contributed by atoms with Crippen LogP contribution in [-0.4, -0.2) is 113 Å². The summed E-state index contributed by atoms with van der Waals surface area (Å²) in [5.41, 5.74) is 13.5. The van der Waals surface area contributed by atoms with Crippen molar-refractivity contribution in [3.8, 4) is 35.1 Å². The van der Waals surface area contributed by atoms with Gasteiger partial charge in [-0.15, -0.1) is 6.42 Å². The molecular formula is C63H75N6O6+. The van der Waals surface area contributed by atoms with E-state index < -0.39 is 0 Å². The number of phenols is 1. The summed E-state index contributed by atoms with van der Waals surface area (Å²) < 4.78 is 16.5. The highest BCUT2D eigenvalue weighted by molar-refractivity contribution is 6.02. The van der Waals surface area contributed by atoms with Crippen molar-refractivity contribution in [1.82, 2.24) is 18.9 Å². The number of nitrogens with zero attached hydrogens (tertiary/aromatic N) is 6. The Morgan fingerprint density at radius 3 is 2.27 bits per heavy atom. The van der Waals surface area contributed by atoms with Gasteiger partial charge in [0.15, 0.2) is 6.29 Å². The number of hydrogen-bond acceptors (Lipinski definition) is 7. The van der Waals surface area contributed by atoms with Gasteiger partial charge in [-0.25, -0.2) is 0 Å². The highest BCUT2D eigenvalue weighted by Gasteiger charge is 2.38. The molecule has 0 saturated carbocycles. The molecule has 4 aromatic carbocycles. The molecule has 2 aromatic heterocycles. The number of phenolic OH excluding ortho intramolecular Hbond substituents is 1. The number of rotatable bonds is 13. The maximum absolute atomic E-state index is 15.3. The second kappa shape index (κ2) is 23.2. The third-order valence-electron chi connectivity index (χ3n) is 16.7. The van der Waals surface area contributed by atoms with E-state index in [0.717, 1.165) is 131 Å². The van der Waals surface area contributed by atoms with Gasteiger partial charge in [0.1, 0.15) is 11.5 Å². The Labute approximate surface area is 444 Å². The van der Waals surface area contributed by atoms with Crippen LogP contribution in [0.1, 0.15) is 104 Å². The minimum absolute atomic E-state index is 0.0148. The van der Waals surface area contributed by atoms with Crippen LogP contribution in [0.15, 0.2) is 97.1 Å². The topological polar surface area (TPSA) is 109 Å². The van der Waals surface area contributed by atoms with Crippen LogP contribution in [0.25, 0.3) is 11.3 Å². The van der Waals surface area contributed by atoms with Gasteiger partial charge in [0.05, 0.1) is 57.1 Å². The van der Waals surface area contributed by atoms with Crippen molar-refractivity contribution in [2.45, 2.75) is 90.8 Å². The Morgan fingerprint density at radius 2 is 1.59 bits per heavy atom. The van der Waals surface area contributed by atoms with Gasteiger partial charge < -0.3 is 42.9 Å². The van der Waals surface area contributed by atoms with E-state index >= 15 is 4.79 Å². The molecule has 0 spiro atoms. The molecule has 1 N–H and O–H groups in total. The summed E-state index contributed by atoms with van der Waals surface area (Å²) in [6.07, 6.45) is 15.2. The smallest absolute Gasteiger partial charge is 0.255 e. The first-order valence-corrected chi connectivity index (χ1v) is 26.9. The average Bonchev–Trinajstić information content (AvgIpc) is 3.89. The maximum Gasteiger partial charge on any atom is 0.255 e. The highest BCUT2D eigenvalue weighted by Crippen LogP contribution is 2.37. The predicted octanol–water partition coefficient (Wildman–Crippen LogP) is 10.1. The van der Waals surface area contributed by atoms with Gasteiger partial charge in [-0.3, -0.25) is 14.4 Å². The van der Waals surface area contributed by atoms with E-state index in [2.05, 4.69) is 59.2 Å². The van der Waals surface area contributed by atoms with Crippen molar-refractivity contribution in [1.29, 1.82) is 0 Å². The van der Waals surface area contributed by atoms with Gasteiger partial charge in [-0.1, -0.05) is 42.3 Å². The lowest BCUT2D eigenvalue weighted by Crippen LogP contribution is -2.58. The van der Waals surface area contributed by atoms with Crippen molar-refractivity contribution < 1.29 is 33.4 Å². The molecule has 12 nitrogen and oxygen atoms in total. The van der Waals surface area contributed by atoms with Crippen molar-refractivity contribution in [3.05, 3.63) is 153 Å². The fourth-order valence-corrected chi connectivity index (χ4v) is 11.8. The van der Waals surface area contributed by atoms with E-state index in [1.165, 1.54) is 30.4 Å². The zero-order valence-electron chi connectivity index (χ0n) is 44.9. The molecule has 1 unspecified atom stereocenters. The van der Waals surface area contributed by atoms with E-state index in [0.29, 0.717) is 56.1 Å². The molecule has 75 heavy (non-hydrogen) atoms. The number of likely N-dealkylation sites (N-methyl/N-ethyl adjacent to an activating group) is 1. The summed E-state index contributed by atoms with van der Waals surface area (Å²) in [7, 11) is 8.27. The van der Waals surface area contributed by atoms with Crippen LogP contribution >= 0.6 is 0 Å². The molecule has 2 amide bonds. The van der Waals surface area contributed by atoms with Crippen LogP contribution in [-0.2, 0) is 56.0 Å². The van der Waals surface area contributed by atoms with Gasteiger partial charge in [0.2, 0.25) is 5.91 Å². The lowest BCUT2D eigenvalue weighted by atomic mass is 9.89. The minimum atomic E-state index is 0.0148. The quantitative estimate of drug-likeness (QED) is 0.0697. The molecule has 12 heteroatoms. The minimum Gasteiger partial charge on any atom is -0.508 e. The second-order valence-electron chi connectivity index (χ2n) is 21.6. The Morgan fingerprint density at radius 1 is 0.867 bits per heavy atom. The summed E-state index contributed by atoms with van der Waals surface area (Å²) in [6.45, 7) is 11.2. The Kier molecular flexibility index (Phi) is 16.3. The number of carbonyl (C=O) groups excluding carboxylic acids is 3. The van der Waals surface area contributed by atoms with Crippen molar-refractivity contribution in [2.24, 2.45) is 20.0 Å². The lowest BCUT2D eigenvalue weighted by molar-refractivity contribution is -0.915. The fraction of sp³-hybridized carbons (Fsp3) is 0.413. The number of anilines is 2. The van der Waals surface area contributed by atoms with E-state index in [1.807, 2.05) is 97.6 Å². The largest absolute Gasteiger partial charge is 0.508 e. The van der Waals surface area contributed by atoms with Gasteiger partial charge in [0.25, 0.3) is 5.91 Å². The normalized spacial score (nSPS) is 17.2. The maximum atomic E-state index is 15.3. The number of hydrogen-bond donors (Lipinski definition) is 1. The number of amides is 2. The van der Waals surface area contributed by atoms with Crippen LogP contribution in [0.4, 0.5) is 11.4 Å². The van der Waals surface area contributed by atoms with E-state index in [-0.39, 0.29) is 23.6 Å². The van der Waals surface area contributed by atoms with Gasteiger partial charge in [-0.2, -0.15) is 0 Å². The van der Waals surface area contributed by atoms with E-state index in [9.17, 15) is 14.7 Å². The summed E-state index contributed by atoms with van der Waals surface area (Å²) >= 11 is 0. The molecule has 6 heterocycles. The molecule has 2 fully saturated rings. The molecular weight excluding hydrogens is 937 g/mol. The summed E-state index contributed by atoms with van der Waals surface area (Å²) in [6, 6.07) is 31.8. The van der Waals surface area contributed by atoms with Crippen LogP contribution in [0.3, 0.4) is 0 Å². The SMILES string of the molecule is C#Cc1cc(N(C)c2ccc(O)cc2)c(C)n1C.Cc1c(C=O)cc(-c2cc3c(cc2C(=O)N2Cc4ccccc4CC2C[N+]2(C)CCCCC2)CN(C(=O)Cc2ccc(OCCC4CCOCC4)cc2)CC3)n1C. The number of quaternary nitrogens is 1. The average molecular weight is 1010 g/mol. The van der Waals surface area contributed by atoms with Crippen molar-refractivity contribution in [2.75, 3.05) is 65.0 Å². The monoisotopic (exact) mass is 1010 g/mol. The number of aldehydes is 1. The number of piperidine rings is 1. The molecule has 10 rings (SSSR count). The summed E-state index contributed by atoms with van der Waals surface area (Å²) in [5.74, 6) is 4.52. The fourth-order valence-electron chi connectivity index (χ4n) is 11.8. The molecule has 0 bridgehead atoms. The Bertz CT molecular complexity index is 3040. The zero-order chi connectivity index (χ0) is 52.8. The van der Waals surface area contributed by atoms with Gasteiger partial charge in [-0.05, 0) is 160 Å². The number of carbonyl (C=O) groups is 3. The van der Waals surface area contributed by atoms with E-state index in [4.69, 9.17) is 15.9 Å². The van der Waals surface area contributed by atoms with Gasteiger partial charge >= 0.3 is 0 Å². The standard InChI is InChI=1S/C48H59N4O5.C15H16N2O/c1-34-41(33-53)29-46(49(34)2)44-27-38-15-19-50(47(54)25-36-11-13-43(14-12-36)57-24-18-35-16-22-56-23-17-35)30-40(38)28-45(44)48(55)51-31-39-10-6-5-9-37(39)26-42(51)32-52(3)20-7-4-8-21-52;1-5-12-10-15(11(2)16(12)3)17(4)13-6-8-14(18)9-7-13/h5-6,9-14,27-29,33,35,42H,4,7-8,15-26,30-32H2,1-3H3;1,6-10,18H,2-4H3/q+1;. The molecule has 0 aliphatic carbocycles. The molecule has 392 valence electrons. The predicted molar refractivity (Wildman–Crippen MR) is 297 cm³/mol. The number of likely N-dealkylation sites (tertiary alicyclic amines) is 1. The molecule has 2 saturated heterocycles. The number of aromatic hydroxyl groups is 1. The second-order valence-corrected chi connectivity index (χ2v) is 21.6. The van der Waals surface area contributed by atoms with Crippen molar-refractivity contribution in [3.63, 3.8) is 0 Å². The third kappa shape index (κ3) is 11.9. The van der Waals surface area contributed by atoms with Crippen LogP contribution in [0.5, 0.6) is 11.5 Å². The number of ether oxygens (including phenoxy) is 2. The number of fused-ring (bicyclic) bond motifs is 2. The molecule has 6 aromatic rings. The van der Waals surface area contributed by atoms with Gasteiger partial charge in [0, 0.05) is 93.5 Å². The Balaban J connectivity index is 0.000000323. The lowest BCUT2D eigenvalue weighted by Gasteiger charge is -2.45. The molecule has 0 radical (unpaired) electrons. The molecule has 4 aliphatic rings. The molecule has 4 aliphatic heterocycles. The first-order chi connectivity index (χ1) is 36.2. The third-order valence-corrected chi connectivity index (χ3v) is 16.7.